The number of nitrogens with zero attached hydrogens (tertiary/aromatic N) is 1. The van der Waals surface area contributed by atoms with Crippen LogP contribution in [0, 0.1) is 0 Å². The summed E-state index contributed by atoms with van der Waals surface area (Å²) in [7, 11) is 1.61. The van der Waals surface area contributed by atoms with E-state index in [1.54, 1.807) is 24.1 Å². The number of likely N-dealkylation sites (tertiary alicyclic amines) is 1. The molecule has 7 heteroatoms. The molecule has 1 aromatic carbocycles. The number of amides is 3. The molecule has 3 rings (SSSR count). The third-order valence-electron chi connectivity index (χ3n) is 4.48. The quantitative estimate of drug-likeness (QED) is 0.861. The Morgan fingerprint density at radius 1 is 1.19 bits per heavy atom. The molecule has 1 fully saturated rings. The molecule has 0 aliphatic carbocycles. The van der Waals surface area contributed by atoms with E-state index < -0.39 is 0 Å². The van der Waals surface area contributed by atoms with Crippen molar-refractivity contribution in [2.75, 3.05) is 20.2 Å². The monoisotopic (exact) mass is 357 g/mol. The third kappa shape index (κ3) is 4.36. The van der Waals surface area contributed by atoms with Crippen LogP contribution in [-0.2, 0) is 6.54 Å². The number of carbonyl (C=O) groups excluding carboxylic acids is 2. The van der Waals surface area contributed by atoms with Crippen molar-refractivity contribution < 1.29 is 18.7 Å². The average Bonchev–Trinajstić information content (AvgIpc) is 3.21. The molecular formula is C19H23N3O4. The number of methoxy groups -OCH3 is 1. The molecule has 0 spiro atoms. The zero-order valence-electron chi connectivity index (χ0n) is 14.7. The summed E-state index contributed by atoms with van der Waals surface area (Å²) in [6.45, 7) is 1.58. The fourth-order valence-corrected chi connectivity index (χ4v) is 3.04. The average molecular weight is 357 g/mol. The van der Waals surface area contributed by atoms with Crippen molar-refractivity contribution in [3.8, 4) is 5.75 Å². The lowest BCUT2D eigenvalue weighted by Crippen LogP contribution is -2.49. The van der Waals surface area contributed by atoms with Gasteiger partial charge in [0.05, 0.1) is 13.4 Å². The topological polar surface area (TPSA) is 83.8 Å². The summed E-state index contributed by atoms with van der Waals surface area (Å²) in [4.78, 5) is 26.1. The minimum Gasteiger partial charge on any atom is -0.496 e. The lowest BCUT2D eigenvalue weighted by molar-refractivity contribution is 0.0676. The molecule has 2 aromatic rings. The van der Waals surface area contributed by atoms with E-state index in [9.17, 15) is 9.59 Å². The van der Waals surface area contributed by atoms with Crippen LogP contribution < -0.4 is 15.4 Å². The smallest absolute Gasteiger partial charge is 0.315 e. The number of hydrogen-bond acceptors (Lipinski definition) is 4. The van der Waals surface area contributed by atoms with Gasteiger partial charge in [0.25, 0.3) is 5.91 Å². The van der Waals surface area contributed by atoms with Crippen molar-refractivity contribution >= 4 is 11.9 Å². The maximum atomic E-state index is 12.2. The fourth-order valence-electron chi connectivity index (χ4n) is 3.04. The highest BCUT2D eigenvalue weighted by molar-refractivity contribution is 5.91. The maximum Gasteiger partial charge on any atom is 0.315 e. The molecule has 1 aromatic heterocycles. The lowest BCUT2D eigenvalue weighted by atomic mass is 10.0. The Morgan fingerprint density at radius 3 is 2.65 bits per heavy atom. The van der Waals surface area contributed by atoms with E-state index in [-0.39, 0.29) is 18.0 Å². The number of urea groups is 1. The summed E-state index contributed by atoms with van der Waals surface area (Å²) in [6, 6.07) is 10.8. The molecule has 138 valence electrons. The van der Waals surface area contributed by atoms with Crippen LogP contribution in [0.25, 0.3) is 0 Å². The van der Waals surface area contributed by atoms with E-state index in [1.165, 1.54) is 6.26 Å². The number of para-hydroxylation sites is 1. The molecule has 0 atom stereocenters. The molecule has 2 N–H and O–H groups in total. The normalized spacial score (nSPS) is 14.7. The Morgan fingerprint density at radius 2 is 1.96 bits per heavy atom. The van der Waals surface area contributed by atoms with Gasteiger partial charge in [-0.1, -0.05) is 18.2 Å². The maximum absolute atomic E-state index is 12.2. The van der Waals surface area contributed by atoms with E-state index in [0.29, 0.717) is 38.2 Å². The molecule has 1 saturated heterocycles. The highest BCUT2D eigenvalue weighted by Crippen LogP contribution is 2.17. The van der Waals surface area contributed by atoms with E-state index >= 15 is 0 Å². The number of nitrogens with one attached hydrogen (secondary N) is 2. The van der Waals surface area contributed by atoms with Gasteiger partial charge < -0.3 is 24.7 Å². The molecule has 1 aliphatic heterocycles. The largest absolute Gasteiger partial charge is 0.496 e. The van der Waals surface area contributed by atoms with Crippen molar-refractivity contribution in [1.29, 1.82) is 0 Å². The van der Waals surface area contributed by atoms with Gasteiger partial charge in [-0.25, -0.2) is 4.79 Å². The molecule has 0 saturated carbocycles. The van der Waals surface area contributed by atoms with Gasteiger partial charge in [-0.15, -0.1) is 0 Å². The van der Waals surface area contributed by atoms with Crippen LogP contribution in [-0.4, -0.2) is 43.1 Å². The summed E-state index contributed by atoms with van der Waals surface area (Å²) in [5, 5.41) is 5.82. The Labute approximate surface area is 152 Å². The van der Waals surface area contributed by atoms with E-state index in [1.807, 2.05) is 24.3 Å². The summed E-state index contributed by atoms with van der Waals surface area (Å²) >= 11 is 0. The van der Waals surface area contributed by atoms with Gasteiger partial charge in [-0.2, -0.15) is 0 Å². The molecule has 1 aliphatic rings. The first-order chi connectivity index (χ1) is 12.7. The molecule has 0 bridgehead atoms. The van der Waals surface area contributed by atoms with Crippen LogP contribution >= 0.6 is 0 Å². The molecule has 0 unspecified atom stereocenters. The number of piperidine rings is 1. The summed E-state index contributed by atoms with van der Waals surface area (Å²) in [6.07, 6.45) is 2.93. The van der Waals surface area contributed by atoms with Crippen molar-refractivity contribution in [2.24, 2.45) is 0 Å². The van der Waals surface area contributed by atoms with Crippen LogP contribution in [0.4, 0.5) is 4.79 Å². The van der Waals surface area contributed by atoms with Gasteiger partial charge in [0.15, 0.2) is 5.76 Å². The van der Waals surface area contributed by atoms with Crippen molar-refractivity contribution in [3.05, 3.63) is 54.0 Å². The van der Waals surface area contributed by atoms with Crippen LogP contribution in [0.1, 0.15) is 29.0 Å². The highest BCUT2D eigenvalue weighted by atomic mass is 16.5. The van der Waals surface area contributed by atoms with Crippen molar-refractivity contribution in [3.63, 3.8) is 0 Å². The first kappa shape index (κ1) is 17.8. The number of rotatable bonds is 5. The minimum absolute atomic E-state index is 0.0494. The molecule has 7 nitrogen and oxygen atoms in total. The van der Waals surface area contributed by atoms with Crippen LogP contribution in [0.2, 0.25) is 0 Å². The lowest BCUT2D eigenvalue weighted by Gasteiger charge is -2.31. The number of furan rings is 1. The van der Waals surface area contributed by atoms with E-state index in [4.69, 9.17) is 9.15 Å². The Balaban J connectivity index is 1.43. The van der Waals surface area contributed by atoms with E-state index in [0.717, 1.165) is 11.3 Å². The first-order valence-electron chi connectivity index (χ1n) is 8.66. The second-order valence-corrected chi connectivity index (χ2v) is 6.18. The van der Waals surface area contributed by atoms with Crippen LogP contribution in [0.5, 0.6) is 5.75 Å². The summed E-state index contributed by atoms with van der Waals surface area (Å²) < 4.78 is 10.4. The molecule has 26 heavy (non-hydrogen) atoms. The standard InChI is InChI=1S/C19H23N3O4/c1-25-16-6-3-2-5-14(16)13-20-19(24)21-15-8-10-22(11-9-15)18(23)17-7-4-12-26-17/h2-7,12,15H,8-11,13H2,1H3,(H2,20,21,24). The second-order valence-electron chi connectivity index (χ2n) is 6.18. The van der Waals surface area contributed by atoms with Crippen molar-refractivity contribution in [1.82, 2.24) is 15.5 Å². The van der Waals surface area contributed by atoms with Gasteiger partial charge in [-0.3, -0.25) is 4.79 Å². The van der Waals surface area contributed by atoms with Gasteiger partial charge in [-0.05, 0) is 31.0 Å². The van der Waals surface area contributed by atoms with Crippen molar-refractivity contribution in [2.45, 2.75) is 25.4 Å². The van der Waals surface area contributed by atoms with Crippen LogP contribution in [0.15, 0.2) is 47.1 Å². The summed E-state index contributed by atoms with van der Waals surface area (Å²) in [5.41, 5.74) is 0.920. The first-order valence-corrected chi connectivity index (χ1v) is 8.66. The zero-order chi connectivity index (χ0) is 18.4. The third-order valence-corrected chi connectivity index (χ3v) is 4.48. The van der Waals surface area contributed by atoms with Gasteiger partial charge in [0.1, 0.15) is 5.75 Å². The Kier molecular flexibility index (Phi) is 5.78. The van der Waals surface area contributed by atoms with Gasteiger partial charge in [0.2, 0.25) is 0 Å². The van der Waals surface area contributed by atoms with E-state index in [2.05, 4.69) is 10.6 Å². The minimum atomic E-state index is -0.216. The highest BCUT2D eigenvalue weighted by Gasteiger charge is 2.25. The Bertz CT molecular complexity index is 737. The predicted molar refractivity (Wildman–Crippen MR) is 96.0 cm³/mol. The second kappa shape index (κ2) is 8.42. The zero-order valence-corrected chi connectivity index (χ0v) is 14.7. The van der Waals surface area contributed by atoms with Crippen LogP contribution in [0.3, 0.4) is 0 Å². The molecule has 2 heterocycles. The fraction of sp³-hybridized carbons (Fsp3) is 0.368. The number of carbonyl (C=O) groups is 2. The molecule has 3 amide bonds. The Hall–Kier alpha value is -2.96. The summed E-state index contributed by atoms with van der Waals surface area (Å²) in [5.74, 6) is 0.998. The SMILES string of the molecule is COc1ccccc1CNC(=O)NC1CCN(C(=O)c2ccco2)CC1. The number of benzene rings is 1. The van der Waals surface area contributed by atoms with Gasteiger partial charge >= 0.3 is 6.03 Å². The predicted octanol–water partition coefficient (Wildman–Crippen LogP) is 2.39. The van der Waals surface area contributed by atoms with Gasteiger partial charge in [0, 0.05) is 31.2 Å². The molecular weight excluding hydrogens is 334 g/mol. The number of hydrogen-bond donors (Lipinski definition) is 2. The molecule has 0 radical (unpaired) electrons. The number of ether oxygens (including phenoxy) is 1.